The summed E-state index contributed by atoms with van der Waals surface area (Å²) in [4.78, 5) is 14.1. The van der Waals surface area contributed by atoms with Gasteiger partial charge in [-0.05, 0) is 18.6 Å². The normalized spacial score (nSPS) is 16.1. The molecule has 0 N–H and O–H groups in total. The molecule has 0 saturated heterocycles. The molecule has 0 fully saturated rings. The number of rotatable bonds is 5. The van der Waals surface area contributed by atoms with Crippen molar-refractivity contribution in [2.75, 3.05) is 40.1 Å². The minimum Gasteiger partial charge on any atom is -0.383 e. The number of ether oxygens (including phenoxy) is 1. The molecule has 0 aliphatic carbocycles. The first kappa shape index (κ1) is 17.0. The Labute approximate surface area is 131 Å². The summed E-state index contributed by atoms with van der Waals surface area (Å²) in [5, 5.41) is 0. The Hall–Kier alpha value is -1.38. The van der Waals surface area contributed by atoms with E-state index in [-0.39, 0.29) is 5.91 Å². The molecule has 0 aromatic carbocycles. The van der Waals surface area contributed by atoms with E-state index in [9.17, 15) is 13.2 Å². The Morgan fingerprint density at radius 2 is 2.09 bits per heavy atom. The van der Waals surface area contributed by atoms with Crippen LogP contribution in [0.4, 0.5) is 0 Å². The van der Waals surface area contributed by atoms with Crippen LogP contribution in [-0.2, 0) is 27.8 Å². The van der Waals surface area contributed by atoms with Crippen LogP contribution in [0.15, 0.2) is 12.1 Å². The molecule has 1 aromatic rings. The van der Waals surface area contributed by atoms with Gasteiger partial charge in [0.1, 0.15) is 5.69 Å². The number of aromatic nitrogens is 1. The van der Waals surface area contributed by atoms with Crippen LogP contribution in [-0.4, -0.2) is 68.2 Å². The summed E-state index contributed by atoms with van der Waals surface area (Å²) >= 11 is 0. The Bertz CT molecular complexity index is 639. The van der Waals surface area contributed by atoms with Gasteiger partial charge in [-0.1, -0.05) is 0 Å². The van der Waals surface area contributed by atoms with Gasteiger partial charge in [0.25, 0.3) is 5.91 Å². The predicted octanol–water partition coefficient (Wildman–Crippen LogP) is 0.372. The summed E-state index contributed by atoms with van der Waals surface area (Å²) in [6, 6.07) is 3.60. The second kappa shape index (κ2) is 6.80. The van der Waals surface area contributed by atoms with Crippen molar-refractivity contribution >= 4 is 15.9 Å². The number of amides is 1. The van der Waals surface area contributed by atoms with Crippen molar-refractivity contribution in [3.05, 3.63) is 23.5 Å². The summed E-state index contributed by atoms with van der Waals surface area (Å²) in [7, 11) is 0.112. The minimum atomic E-state index is -3.22. The van der Waals surface area contributed by atoms with E-state index in [2.05, 4.69) is 0 Å². The lowest BCUT2D eigenvalue weighted by atomic mass is 10.3. The number of carbonyl (C=O) groups excluding carboxylic acids is 1. The van der Waals surface area contributed by atoms with Crippen LogP contribution in [0, 0.1) is 0 Å². The molecule has 22 heavy (non-hydrogen) atoms. The standard InChI is InChI=1S/C14H23N3O4S/c1-15(9-10-21-2)14(18)13-6-5-12-11-16(22(3,19)20)7-4-8-17(12)13/h5-6H,4,7-11H2,1-3H3. The molecule has 0 unspecified atom stereocenters. The third-order valence-electron chi connectivity index (χ3n) is 3.86. The predicted molar refractivity (Wildman–Crippen MR) is 83.1 cm³/mol. The molecule has 1 amide bonds. The Morgan fingerprint density at radius 3 is 2.73 bits per heavy atom. The molecule has 2 heterocycles. The molecule has 0 bridgehead atoms. The zero-order valence-electron chi connectivity index (χ0n) is 13.3. The Balaban J connectivity index is 2.21. The largest absolute Gasteiger partial charge is 0.383 e. The minimum absolute atomic E-state index is 0.0731. The van der Waals surface area contributed by atoms with Crippen molar-refractivity contribution in [1.82, 2.24) is 13.8 Å². The van der Waals surface area contributed by atoms with Crippen LogP contribution < -0.4 is 0 Å². The fourth-order valence-electron chi connectivity index (χ4n) is 2.57. The van der Waals surface area contributed by atoms with Crippen LogP contribution >= 0.6 is 0 Å². The number of likely N-dealkylation sites (N-methyl/N-ethyl adjacent to an activating group) is 1. The van der Waals surface area contributed by atoms with Gasteiger partial charge in [0.05, 0.1) is 19.4 Å². The molecular weight excluding hydrogens is 306 g/mol. The highest BCUT2D eigenvalue weighted by atomic mass is 32.2. The highest BCUT2D eigenvalue weighted by Gasteiger charge is 2.25. The van der Waals surface area contributed by atoms with Crippen molar-refractivity contribution < 1.29 is 17.9 Å². The number of carbonyl (C=O) groups is 1. The van der Waals surface area contributed by atoms with Gasteiger partial charge in [0.2, 0.25) is 10.0 Å². The maximum absolute atomic E-state index is 12.5. The van der Waals surface area contributed by atoms with Gasteiger partial charge in [0.15, 0.2) is 0 Å². The Kier molecular flexibility index (Phi) is 5.25. The van der Waals surface area contributed by atoms with Crippen LogP contribution in [0.1, 0.15) is 22.6 Å². The average molecular weight is 329 g/mol. The second-order valence-electron chi connectivity index (χ2n) is 5.53. The lowest BCUT2D eigenvalue weighted by Gasteiger charge is -2.18. The first-order valence-electron chi connectivity index (χ1n) is 7.22. The summed E-state index contributed by atoms with van der Waals surface area (Å²) in [6.07, 6.45) is 1.91. The van der Waals surface area contributed by atoms with Gasteiger partial charge in [-0.2, -0.15) is 4.31 Å². The number of hydrogen-bond donors (Lipinski definition) is 0. The zero-order valence-corrected chi connectivity index (χ0v) is 14.1. The van der Waals surface area contributed by atoms with Crippen molar-refractivity contribution in [2.45, 2.75) is 19.5 Å². The molecular formula is C14H23N3O4S. The molecule has 1 aliphatic heterocycles. The third kappa shape index (κ3) is 3.68. The van der Waals surface area contributed by atoms with E-state index in [4.69, 9.17) is 4.74 Å². The highest BCUT2D eigenvalue weighted by molar-refractivity contribution is 7.88. The fourth-order valence-corrected chi connectivity index (χ4v) is 3.40. The fraction of sp³-hybridized carbons (Fsp3) is 0.643. The van der Waals surface area contributed by atoms with Gasteiger partial charge in [-0.15, -0.1) is 0 Å². The van der Waals surface area contributed by atoms with E-state index >= 15 is 0 Å². The Morgan fingerprint density at radius 1 is 1.36 bits per heavy atom. The van der Waals surface area contributed by atoms with E-state index < -0.39 is 10.0 Å². The van der Waals surface area contributed by atoms with Gasteiger partial charge in [0, 0.05) is 39.5 Å². The molecule has 2 rings (SSSR count). The first-order valence-corrected chi connectivity index (χ1v) is 9.07. The highest BCUT2D eigenvalue weighted by Crippen LogP contribution is 2.19. The van der Waals surface area contributed by atoms with E-state index in [1.807, 2.05) is 10.6 Å². The van der Waals surface area contributed by atoms with E-state index in [0.29, 0.717) is 44.9 Å². The van der Waals surface area contributed by atoms with E-state index in [1.54, 1.807) is 25.1 Å². The number of hydrogen-bond acceptors (Lipinski definition) is 4. The van der Waals surface area contributed by atoms with Crippen molar-refractivity contribution in [3.8, 4) is 0 Å². The van der Waals surface area contributed by atoms with Crippen LogP contribution in [0.5, 0.6) is 0 Å². The molecule has 124 valence electrons. The molecule has 8 heteroatoms. The van der Waals surface area contributed by atoms with Crippen LogP contribution in [0.2, 0.25) is 0 Å². The average Bonchev–Trinajstić information content (AvgIpc) is 2.72. The number of fused-ring (bicyclic) bond motifs is 1. The second-order valence-corrected chi connectivity index (χ2v) is 7.51. The van der Waals surface area contributed by atoms with Gasteiger partial charge in [-0.3, -0.25) is 4.79 Å². The molecule has 0 radical (unpaired) electrons. The van der Waals surface area contributed by atoms with Crippen molar-refractivity contribution in [3.63, 3.8) is 0 Å². The van der Waals surface area contributed by atoms with Gasteiger partial charge >= 0.3 is 0 Å². The van der Waals surface area contributed by atoms with Gasteiger partial charge < -0.3 is 14.2 Å². The lowest BCUT2D eigenvalue weighted by molar-refractivity contribution is 0.0733. The SMILES string of the molecule is COCCN(C)C(=O)c1ccc2n1CCCN(S(C)(=O)=O)C2. The number of sulfonamides is 1. The molecule has 0 saturated carbocycles. The lowest BCUT2D eigenvalue weighted by Crippen LogP contribution is -2.31. The molecule has 1 aromatic heterocycles. The topological polar surface area (TPSA) is 71.8 Å². The molecule has 0 atom stereocenters. The zero-order chi connectivity index (χ0) is 16.3. The van der Waals surface area contributed by atoms with Crippen molar-refractivity contribution in [1.29, 1.82) is 0 Å². The number of methoxy groups -OCH3 is 1. The maximum Gasteiger partial charge on any atom is 0.270 e. The van der Waals surface area contributed by atoms with E-state index in [0.717, 1.165) is 5.69 Å². The summed E-state index contributed by atoms with van der Waals surface area (Å²) < 4.78 is 31.9. The quantitative estimate of drug-likeness (QED) is 0.782. The summed E-state index contributed by atoms with van der Waals surface area (Å²) in [6.45, 7) is 2.44. The van der Waals surface area contributed by atoms with E-state index in [1.165, 1.54) is 10.6 Å². The molecule has 0 spiro atoms. The van der Waals surface area contributed by atoms with Gasteiger partial charge in [-0.25, -0.2) is 8.42 Å². The first-order chi connectivity index (χ1) is 10.3. The van der Waals surface area contributed by atoms with Crippen molar-refractivity contribution in [2.24, 2.45) is 0 Å². The third-order valence-corrected chi connectivity index (χ3v) is 5.11. The smallest absolute Gasteiger partial charge is 0.270 e. The molecule has 1 aliphatic rings. The maximum atomic E-state index is 12.5. The number of nitrogens with zero attached hydrogens (tertiary/aromatic N) is 3. The van der Waals surface area contributed by atoms with Crippen LogP contribution in [0.25, 0.3) is 0 Å². The molecule has 7 nitrogen and oxygen atoms in total. The summed E-state index contributed by atoms with van der Waals surface area (Å²) in [5.41, 5.74) is 1.45. The summed E-state index contributed by atoms with van der Waals surface area (Å²) in [5.74, 6) is -0.0731. The monoisotopic (exact) mass is 329 g/mol. The van der Waals surface area contributed by atoms with Crippen LogP contribution in [0.3, 0.4) is 0 Å².